The molecule has 66 valence electrons. The van der Waals surface area contributed by atoms with Gasteiger partial charge in [0.05, 0.1) is 6.04 Å². The molecular formula is C7H14F2N2. The summed E-state index contributed by atoms with van der Waals surface area (Å²) in [6.45, 7) is 3.24. The van der Waals surface area contributed by atoms with Crippen LogP contribution in [-0.4, -0.2) is 31.6 Å². The van der Waals surface area contributed by atoms with E-state index in [0.29, 0.717) is 19.6 Å². The Morgan fingerprint density at radius 3 is 2.91 bits per heavy atom. The van der Waals surface area contributed by atoms with Crippen LogP contribution in [0, 0.1) is 0 Å². The van der Waals surface area contributed by atoms with Crippen molar-refractivity contribution < 1.29 is 8.78 Å². The SMILES string of the molecule is CCN[C@H]1CNCCC1(F)F. The van der Waals surface area contributed by atoms with Crippen LogP contribution in [0.2, 0.25) is 0 Å². The predicted octanol–water partition coefficient (Wildman–Crippen LogP) is 0.593. The molecule has 0 aromatic heterocycles. The molecule has 2 N–H and O–H groups in total. The van der Waals surface area contributed by atoms with Crippen molar-refractivity contribution in [1.29, 1.82) is 0 Å². The van der Waals surface area contributed by atoms with Gasteiger partial charge in [0.15, 0.2) is 0 Å². The van der Waals surface area contributed by atoms with E-state index in [-0.39, 0.29) is 6.42 Å². The van der Waals surface area contributed by atoms with Gasteiger partial charge in [0.1, 0.15) is 0 Å². The van der Waals surface area contributed by atoms with E-state index in [4.69, 9.17) is 0 Å². The van der Waals surface area contributed by atoms with Gasteiger partial charge in [0.2, 0.25) is 0 Å². The monoisotopic (exact) mass is 164 g/mol. The average molecular weight is 164 g/mol. The standard InChI is InChI=1S/C7H14F2N2/c1-2-11-6-5-10-4-3-7(6,8)9/h6,10-11H,2-5H2,1H3/t6-/m0/s1. The molecule has 1 aliphatic rings. The largest absolute Gasteiger partial charge is 0.315 e. The molecule has 2 nitrogen and oxygen atoms in total. The maximum absolute atomic E-state index is 13.0. The molecular weight excluding hydrogens is 150 g/mol. The van der Waals surface area contributed by atoms with E-state index in [9.17, 15) is 8.78 Å². The average Bonchev–Trinajstić information content (AvgIpc) is 1.94. The van der Waals surface area contributed by atoms with Crippen molar-refractivity contribution in [2.45, 2.75) is 25.3 Å². The molecule has 0 amide bonds. The second-order valence-corrected chi connectivity index (χ2v) is 2.83. The van der Waals surface area contributed by atoms with Gasteiger partial charge in [-0.05, 0) is 6.54 Å². The van der Waals surface area contributed by atoms with E-state index < -0.39 is 12.0 Å². The number of nitrogens with one attached hydrogen (secondary N) is 2. The van der Waals surface area contributed by atoms with Crippen molar-refractivity contribution in [2.75, 3.05) is 19.6 Å². The van der Waals surface area contributed by atoms with Crippen LogP contribution in [-0.2, 0) is 0 Å². The van der Waals surface area contributed by atoms with Crippen LogP contribution in [0.3, 0.4) is 0 Å². The number of hydrogen-bond donors (Lipinski definition) is 2. The third-order valence-corrected chi connectivity index (χ3v) is 1.94. The minimum atomic E-state index is -2.53. The molecule has 1 heterocycles. The fourth-order valence-electron chi connectivity index (χ4n) is 1.29. The second-order valence-electron chi connectivity index (χ2n) is 2.83. The highest BCUT2D eigenvalue weighted by molar-refractivity contribution is 4.89. The Labute approximate surface area is 65.4 Å². The van der Waals surface area contributed by atoms with Crippen molar-refractivity contribution in [1.82, 2.24) is 10.6 Å². The zero-order chi connectivity index (χ0) is 8.32. The number of hydrogen-bond acceptors (Lipinski definition) is 2. The summed E-state index contributed by atoms with van der Waals surface area (Å²) in [7, 11) is 0. The van der Waals surface area contributed by atoms with Crippen LogP contribution in [0.4, 0.5) is 8.78 Å². The number of alkyl halides is 2. The number of piperidine rings is 1. The fourth-order valence-corrected chi connectivity index (χ4v) is 1.29. The highest BCUT2D eigenvalue weighted by Crippen LogP contribution is 2.24. The quantitative estimate of drug-likeness (QED) is 0.624. The van der Waals surface area contributed by atoms with Crippen LogP contribution in [0.5, 0.6) is 0 Å². The maximum Gasteiger partial charge on any atom is 0.265 e. The number of likely N-dealkylation sites (N-methyl/N-ethyl adjacent to an activating group) is 1. The molecule has 1 atom stereocenters. The zero-order valence-corrected chi connectivity index (χ0v) is 6.66. The lowest BCUT2D eigenvalue weighted by Crippen LogP contribution is -2.55. The van der Waals surface area contributed by atoms with Gasteiger partial charge in [-0.1, -0.05) is 6.92 Å². The van der Waals surface area contributed by atoms with Crippen molar-refractivity contribution in [2.24, 2.45) is 0 Å². The molecule has 1 aliphatic heterocycles. The molecule has 1 fully saturated rings. The number of rotatable bonds is 2. The molecule has 0 unspecified atom stereocenters. The first-order chi connectivity index (χ1) is 5.17. The topological polar surface area (TPSA) is 24.1 Å². The molecule has 11 heavy (non-hydrogen) atoms. The van der Waals surface area contributed by atoms with E-state index in [0.717, 1.165) is 0 Å². The summed E-state index contributed by atoms with van der Waals surface area (Å²) >= 11 is 0. The van der Waals surface area contributed by atoms with Crippen molar-refractivity contribution in [3.63, 3.8) is 0 Å². The highest BCUT2D eigenvalue weighted by Gasteiger charge is 2.40. The Bertz CT molecular complexity index is 126. The molecule has 0 aromatic rings. The zero-order valence-electron chi connectivity index (χ0n) is 6.66. The van der Waals surface area contributed by atoms with Crippen molar-refractivity contribution in [3.8, 4) is 0 Å². The van der Waals surface area contributed by atoms with Gasteiger partial charge in [-0.25, -0.2) is 8.78 Å². The van der Waals surface area contributed by atoms with Gasteiger partial charge in [0, 0.05) is 19.5 Å². The third kappa shape index (κ3) is 2.10. The summed E-state index contributed by atoms with van der Waals surface area (Å²) in [4.78, 5) is 0. The lowest BCUT2D eigenvalue weighted by Gasteiger charge is -2.32. The summed E-state index contributed by atoms with van der Waals surface area (Å²) in [5.41, 5.74) is 0. The Morgan fingerprint density at radius 1 is 1.64 bits per heavy atom. The van der Waals surface area contributed by atoms with Crippen LogP contribution in [0.15, 0.2) is 0 Å². The molecule has 0 spiro atoms. The van der Waals surface area contributed by atoms with Crippen LogP contribution >= 0.6 is 0 Å². The van der Waals surface area contributed by atoms with Crippen molar-refractivity contribution in [3.05, 3.63) is 0 Å². The first-order valence-electron chi connectivity index (χ1n) is 3.98. The lowest BCUT2D eigenvalue weighted by molar-refractivity contribution is -0.0561. The van der Waals surface area contributed by atoms with Crippen LogP contribution in [0.25, 0.3) is 0 Å². The molecule has 4 heteroatoms. The van der Waals surface area contributed by atoms with E-state index in [2.05, 4.69) is 10.6 Å². The first-order valence-corrected chi connectivity index (χ1v) is 3.98. The van der Waals surface area contributed by atoms with Gasteiger partial charge in [-0.2, -0.15) is 0 Å². The molecule has 0 aromatic carbocycles. The molecule has 0 saturated carbocycles. The molecule has 1 rings (SSSR count). The Balaban J connectivity index is 2.45. The first kappa shape index (κ1) is 8.87. The van der Waals surface area contributed by atoms with E-state index in [1.165, 1.54) is 0 Å². The number of halogens is 2. The Morgan fingerprint density at radius 2 is 2.36 bits per heavy atom. The smallest absolute Gasteiger partial charge is 0.265 e. The van der Waals surface area contributed by atoms with Crippen molar-refractivity contribution >= 4 is 0 Å². The Hall–Kier alpha value is -0.220. The van der Waals surface area contributed by atoms with E-state index >= 15 is 0 Å². The van der Waals surface area contributed by atoms with Gasteiger partial charge < -0.3 is 10.6 Å². The van der Waals surface area contributed by atoms with Gasteiger partial charge in [-0.3, -0.25) is 0 Å². The van der Waals surface area contributed by atoms with Gasteiger partial charge in [-0.15, -0.1) is 0 Å². The lowest BCUT2D eigenvalue weighted by atomic mass is 10.0. The van der Waals surface area contributed by atoms with Gasteiger partial charge in [0.25, 0.3) is 5.92 Å². The van der Waals surface area contributed by atoms with Crippen LogP contribution in [0.1, 0.15) is 13.3 Å². The third-order valence-electron chi connectivity index (χ3n) is 1.94. The highest BCUT2D eigenvalue weighted by atomic mass is 19.3. The Kier molecular flexibility index (Phi) is 2.78. The summed E-state index contributed by atoms with van der Waals surface area (Å²) in [6, 6.07) is -0.679. The summed E-state index contributed by atoms with van der Waals surface area (Å²) in [5, 5.41) is 5.69. The summed E-state index contributed by atoms with van der Waals surface area (Å²) < 4.78 is 25.9. The maximum atomic E-state index is 13.0. The summed E-state index contributed by atoms with van der Waals surface area (Å²) in [5.74, 6) is -2.53. The molecule has 0 radical (unpaired) electrons. The van der Waals surface area contributed by atoms with Crippen LogP contribution < -0.4 is 10.6 Å². The minimum Gasteiger partial charge on any atom is -0.315 e. The van der Waals surface area contributed by atoms with Gasteiger partial charge >= 0.3 is 0 Å². The van der Waals surface area contributed by atoms with E-state index in [1.54, 1.807) is 0 Å². The fraction of sp³-hybridized carbons (Fsp3) is 1.00. The van der Waals surface area contributed by atoms with E-state index in [1.807, 2.05) is 6.92 Å². The normalized spacial score (nSPS) is 30.3. The minimum absolute atomic E-state index is 0.0509. The molecule has 0 aliphatic carbocycles. The molecule has 0 bridgehead atoms. The summed E-state index contributed by atoms with van der Waals surface area (Å²) in [6.07, 6.45) is -0.0509. The predicted molar refractivity (Wildman–Crippen MR) is 39.9 cm³/mol. The second kappa shape index (κ2) is 3.45. The molecule has 1 saturated heterocycles.